The van der Waals surface area contributed by atoms with E-state index < -0.39 is 11.5 Å². The molecule has 0 amide bonds. The predicted molar refractivity (Wildman–Crippen MR) is 64.3 cm³/mol. The van der Waals surface area contributed by atoms with E-state index in [0.717, 1.165) is 32.0 Å². The molecule has 0 aromatic heterocycles. The Morgan fingerprint density at radius 2 is 2.12 bits per heavy atom. The van der Waals surface area contributed by atoms with E-state index in [9.17, 15) is 4.79 Å². The van der Waals surface area contributed by atoms with E-state index in [4.69, 9.17) is 10.8 Å². The molecule has 0 aliphatic heterocycles. The van der Waals surface area contributed by atoms with Crippen molar-refractivity contribution < 1.29 is 9.90 Å². The fourth-order valence-electron chi connectivity index (χ4n) is 1.95. The van der Waals surface area contributed by atoms with Crippen molar-refractivity contribution in [2.75, 3.05) is 13.1 Å². The number of carboxylic acid groups (broad SMARTS) is 1. The first-order valence-corrected chi connectivity index (χ1v) is 6.23. The van der Waals surface area contributed by atoms with Crippen molar-refractivity contribution in [1.29, 1.82) is 0 Å². The van der Waals surface area contributed by atoms with Crippen LogP contribution in [0, 0.1) is 0 Å². The van der Waals surface area contributed by atoms with Crippen molar-refractivity contribution in [2.24, 2.45) is 5.73 Å². The molecular formula is C12H24N2O2. The second kappa shape index (κ2) is 5.64. The van der Waals surface area contributed by atoms with Gasteiger partial charge in [0, 0.05) is 6.04 Å². The van der Waals surface area contributed by atoms with Crippen LogP contribution in [0.15, 0.2) is 0 Å². The maximum absolute atomic E-state index is 10.8. The van der Waals surface area contributed by atoms with Gasteiger partial charge in [-0.25, -0.2) is 0 Å². The normalized spacial score (nSPS) is 19.8. The zero-order chi connectivity index (χ0) is 12.2. The predicted octanol–water partition coefficient (Wildman–Crippen LogP) is 1.44. The minimum Gasteiger partial charge on any atom is -0.480 e. The van der Waals surface area contributed by atoms with E-state index >= 15 is 0 Å². The topological polar surface area (TPSA) is 66.6 Å². The highest BCUT2D eigenvalue weighted by Crippen LogP contribution is 2.26. The molecule has 1 aliphatic rings. The molecule has 1 fully saturated rings. The monoisotopic (exact) mass is 228 g/mol. The molecule has 4 heteroatoms. The van der Waals surface area contributed by atoms with Gasteiger partial charge in [-0.15, -0.1) is 0 Å². The molecular weight excluding hydrogens is 204 g/mol. The molecule has 1 aliphatic carbocycles. The molecule has 1 atom stereocenters. The van der Waals surface area contributed by atoms with Gasteiger partial charge in [0.2, 0.25) is 0 Å². The lowest BCUT2D eigenvalue weighted by atomic mass is 9.96. The molecule has 0 saturated heterocycles. The van der Waals surface area contributed by atoms with Crippen LogP contribution in [0.5, 0.6) is 0 Å². The van der Waals surface area contributed by atoms with Gasteiger partial charge in [0.1, 0.15) is 5.54 Å². The molecule has 0 radical (unpaired) electrons. The van der Waals surface area contributed by atoms with Crippen LogP contribution in [0.2, 0.25) is 0 Å². The van der Waals surface area contributed by atoms with Crippen LogP contribution in [0.25, 0.3) is 0 Å². The smallest absolute Gasteiger partial charge is 0.323 e. The Morgan fingerprint density at radius 1 is 1.50 bits per heavy atom. The van der Waals surface area contributed by atoms with Crippen molar-refractivity contribution in [2.45, 2.75) is 57.5 Å². The summed E-state index contributed by atoms with van der Waals surface area (Å²) < 4.78 is 0. The van der Waals surface area contributed by atoms with Crippen LogP contribution in [-0.2, 0) is 4.79 Å². The van der Waals surface area contributed by atoms with Gasteiger partial charge in [0.05, 0.1) is 0 Å². The molecule has 3 N–H and O–H groups in total. The first-order chi connectivity index (χ1) is 7.47. The highest BCUT2D eigenvalue weighted by atomic mass is 16.4. The summed E-state index contributed by atoms with van der Waals surface area (Å²) in [5, 5.41) is 8.86. The van der Waals surface area contributed by atoms with Crippen LogP contribution in [0.3, 0.4) is 0 Å². The SMILES string of the molecule is CCN(CCCCC(C)(N)C(=O)O)C1CC1. The van der Waals surface area contributed by atoms with Gasteiger partial charge in [0.15, 0.2) is 0 Å². The number of hydrogen-bond donors (Lipinski definition) is 2. The zero-order valence-electron chi connectivity index (χ0n) is 10.4. The Hall–Kier alpha value is -0.610. The van der Waals surface area contributed by atoms with Gasteiger partial charge in [0.25, 0.3) is 0 Å². The van der Waals surface area contributed by atoms with Crippen LogP contribution >= 0.6 is 0 Å². The zero-order valence-corrected chi connectivity index (χ0v) is 10.4. The Labute approximate surface area is 97.8 Å². The number of rotatable bonds is 8. The minimum absolute atomic E-state index is 0.560. The third-order valence-corrected chi connectivity index (χ3v) is 3.35. The van der Waals surface area contributed by atoms with Crippen LogP contribution in [-0.4, -0.2) is 40.6 Å². The van der Waals surface area contributed by atoms with Gasteiger partial charge >= 0.3 is 5.97 Å². The lowest BCUT2D eigenvalue weighted by molar-refractivity contribution is -0.142. The summed E-state index contributed by atoms with van der Waals surface area (Å²) in [4.78, 5) is 13.3. The highest BCUT2D eigenvalue weighted by molar-refractivity contribution is 5.77. The summed E-state index contributed by atoms with van der Waals surface area (Å²) in [7, 11) is 0. The number of hydrogen-bond acceptors (Lipinski definition) is 3. The van der Waals surface area contributed by atoms with Gasteiger partial charge in [-0.3, -0.25) is 4.79 Å². The summed E-state index contributed by atoms with van der Waals surface area (Å²) in [6.07, 6.45) is 5.16. The Morgan fingerprint density at radius 3 is 2.56 bits per heavy atom. The first-order valence-electron chi connectivity index (χ1n) is 6.23. The standard InChI is InChI=1S/C12H24N2O2/c1-3-14(10-6-7-10)9-5-4-8-12(2,13)11(15)16/h10H,3-9,13H2,1-2H3,(H,15,16). The number of nitrogens with zero attached hydrogens (tertiary/aromatic N) is 1. The number of carbonyl (C=O) groups is 1. The number of nitrogens with two attached hydrogens (primary N) is 1. The average Bonchev–Trinajstić information content (AvgIpc) is 3.01. The van der Waals surface area contributed by atoms with E-state index in [2.05, 4.69) is 11.8 Å². The van der Waals surface area contributed by atoms with Crippen molar-refractivity contribution in [3.63, 3.8) is 0 Å². The molecule has 0 aromatic carbocycles. The summed E-state index contributed by atoms with van der Waals surface area (Å²) in [6, 6.07) is 0.800. The molecule has 0 heterocycles. The van der Waals surface area contributed by atoms with Crippen molar-refractivity contribution in [3.05, 3.63) is 0 Å². The van der Waals surface area contributed by atoms with Crippen LogP contribution in [0.1, 0.15) is 46.0 Å². The van der Waals surface area contributed by atoms with E-state index in [1.807, 2.05) is 0 Å². The molecule has 1 unspecified atom stereocenters. The maximum Gasteiger partial charge on any atom is 0.323 e. The molecule has 0 spiro atoms. The average molecular weight is 228 g/mol. The summed E-state index contributed by atoms with van der Waals surface area (Å²) in [5.74, 6) is -0.901. The van der Waals surface area contributed by atoms with Gasteiger partial charge in [-0.2, -0.15) is 0 Å². The molecule has 4 nitrogen and oxygen atoms in total. The van der Waals surface area contributed by atoms with Crippen LogP contribution in [0.4, 0.5) is 0 Å². The second-order valence-electron chi connectivity index (χ2n) is 5.04. The molecule has 0 bridgehead atoms. The van der Waals surface area contributed by atoms with Crippen molar-refractivity contribution in [3.8, 4) is 0 Å². The van der Waals surface area contributed by atoms with Gasteiger partial charge < -0.3 is 15.7 Å². The lowest BCUT2D eigenvalue weighted by Crippen LogP contribution is -2.44. The third kappa shape index (κ3) is 4.10. The summed E-state index contributed by atoms with van der Waals surface area (Å²) in [5.41, 5.74) is 4.61. The number of carboxylic acids is 1. The Balaban J connectivity index is 2.13. The quantitative estimate of drug-likeness (QED) is 0.617. The fourth-order valence-corrected chi connectivity index (χ4v) is 1.95. The highest BCUT2D eigenvalue weighted by Gasteiger charge is 2.29. The molecule has 1 saturated carbocycles. The molecule has 0 aromatic rings. The van der Waals surface area contributed by atoms with E-state index in [0.29, 0.717) is 6.42 Å². The number of aliphatic carboxylic acids is 1. The Bertz CT molecular complexity index is 237. The number of unbranched alkanes of at least 4 members (excludes halogenated alkanes) is 1. The lowest BCUT2D eigenvalue weighted by Gasteiger charge is -2.22. The van der Waals surface area contributed by atoms with Crippen molar-refractivity contribution in [1.82, 2.24) is 4.90 Å². The van der Waals surface area contributed by atoms with Gasteiger partial charge in [-0.05, 0) is 52.1 Å². The molecule has 1 rings (SSSR count). The van der Waals surface area contributed by atoms with Crippen LogP contribution < -0.4 is 5.73 Å². The Kier molecular flexibility index (Phi) is 4.74. The fraction of sp³-hybridized carbons (Fsp3) is 0.917. The summed E-state index contributed by atoms with van der Waals surface area (Å²) in [6.45, 7) is 5.96. The first kappa shape index (κ1) is 13.5. The van der Waals surface area contributed by atoms with Gasteiger partial charge in [-0.1, -0.05) is 6.92 Å². The van der Waals surface area contributed by atoms with Crippen molar-refractivity contribution >= 4 is 5.97 Å². The largest absolute Gasteiger partial charge is 0.480 e. The maximum atomic E-state index is 10.8. The molecule has 16 heavy (non-hydrogen) atoms. The second-order valence-corrected chi connectivity index (χ2v) is 5.04. The minimum atomic E-state index is -1.06. The van der Waals surface area contributed by atoms with E-state index in [-0.39, 0.29) is 0 Å². The van der Waals surface area contributed by atoms with E-state index in [1.54, 1.807) is 6.92 Å². The summed E-state index contributed by atoms with van der Waals surface area (Å²) >= 11 is 0. The molecule has 94 valence electrons. The van der Waals surface area contributed by atoms with E-state index in [1.165, 1.54) is 12.8 Å². The third-order valence-electron chi connectivity index (χ3n) is 3.35.